The number of benzene rings is 1. The largest absolute Gasteiger partial charge is 0.207 e. The lowest BCUT2D eigenvalue weighted by atomic mass is 10.2. The Morgan fingerprint density at radius 2 is 2.10 bits per heavy atom. The van der Waals surface area contributed by atoms with Crippen molar-refractivity contribution in [1.29, 1.82) is 0 Å². The predicted molar refractivity (Wildman–Crippen MR) is 48.9 cm³/mol. The molecule has 0 aliphatic carbocycles. The van der Waals surface area contributed by atoms with Crippen molar-refractivity contribution in [3.8, 4) is 0 Å². The molecule has 10 heavy (non-hydrogen) atoms. The summed E-state index contributed by atoms with van der Waals surface area (Å²) in [7, 11) is 0. The zero-order chi connectivity index (χ0) is 7.72. The fourth-order valence-electron chi connectivity index (χ4n) is 0.622. The van der Waals surface area contributed by atoms with E-state index in [1.165, 1.54) is 6.07 Å². The summed E-state index contributed by atoms with van der Waals surface area (Å²) in [6.45, 7) is 1.69. The normalized spacial score (nSPS) is 10.0. The van der Waals surface area contributed by atoms with Crippen LogP contribution in [0.1, 0.15) is 5.56 Å². The van der Waals surface area contributed by atoms with Gasteiger partial charge in [-0.2, -0.15) is 0 Å². The first-order valence-corrected chi connectivity index (χ1v) is 4.18. The molecule has 3 heteroatoms. The molecule has 0 aliphatic heterocycles. The molecule has 0 atom stereocenters. The van der Waals surface area contributed by atoms with E-state index in [1.807, 2.05) is 22.6 Å². The lowest BCUT2D eigenvalue weighted by molar-refractivity contribution is 0.617. The van der Waals surface area contributed by atoms with Crippen molar-refractivity contribution in [2.75, 3.05) is 0 Å². The Kier molecular flexibility index (Phi) is 2.52. The average molecular weight is 270 g/mol. The van der Waals surface area contributed by atoms with E-state index in [4.69, 9.17) is 11.6 Å². The fraction of sp³-hybridized carbons (Fsp3) is 0.143. The van der Waals surface area contributed by atoms with E-state index in [-0.39, 0.29) is 5.82 Å². The molecule has 0 bridgehead atoms. The average Bonchev–Trinajstić information content (AvgIpc) is 1.84. The van der Waals surface area contributed by atoms with Gasteiger partial charge in [-0.25, -0.2) is 4.39 Å². The maximum atomic E-state index is 12.7. The van der Waals surface area contributed by atoms with Gasteiger partial charge in [0.15, 0.2) is 0 Å². The van der Waals surface area contributed by atoms with Crippen LogP contribution in [0.15, 0.2) is 12.1 Å². The molecule has 0 saturated heterocycles. The lowest BCUT2D eigenvalue weighted by Gasteiger charge is -1.98. The second-order valence-corrected chi connectivity index (χ2v) is 3.58. The third kappa shape index (κ3) is 1.61. The van der Waals surface area contributed by atoms with Crippen LogP contribution in [0.2, 0.25) is 5.02 Å². The minimum atomic E-state index is -0.200. The van der Waals surface area contributed by atoms with E-state index in [9.17, 15) is 4.39 Å². The Morgan fingerprint density at radius 1 is 1.50 bits per heavy atom. The number of aryl methyl sites for hydroxylation is 1. The molecule has 0 amide bonds. The van der Waals surface area contributed by atoms with Gasteiger partial charge in [-0.05, 0) is 47.2 Å². The summed E-state index contributed by atoms with van der Waals surface area (Å²) >= 11 is 7.71. The van der Waals surface area contributed by atoms with Crippen molar-refractivity contribution in [3.05, 3.63) is 32.1 Å². The van der Waals surface area contributed by atoms with Crippen LogP contribution in [0.5, 0.6) is 0 Å². The second-order valence-electron chi connectivity index (χ2n) is 2.02. The van der Waals surface area contributed by atoms with E-state index in [0.717, 1.165) is 3.57 Å². The maximum Gasteiger partial charge on any atom is 0.127 e. The first-order valence-electron chi connectivity index (χ1n) is 2.72. The van der Waals surface area contributed by atoms with Crippen molar-refractivity contribution in [2.24, 2.45) is 0 Å². The molecule has 0 spiro atoms. The topological polar surface area (TPSA) is 0 Å². The Balaban J connectivity index is 3.28. The highest BCUT2D eigenvalue weighted by molar-refractivity contribution is 14.1. The van der Waals surface area contributed by atoms with Crippen LogP contribution in [0.3, 0.4) is 0 Å². The standard InChI is InChI=1S/C7H5ClFI/c1-4-2-5(8)7(10)3-6(4)9/h2-3H,1H3. The Hall–Kier alpha value is 0.170. The van der Waals surface area contributed by atoms with Crippen LogP contribution >= 0.6 is 34.2 Å². The first-order chi connectivity index (χ1) is 4.61. The quantitative estimate of drug-likeness (QED) is 0.501. The molecule has 0 nitrogen and oxygen atoms in total. The summed E-state index contributed by atoms with van der Waals surface area (Å²) in [4.78, 5) is 0. The molecule has 0 heterocycles. The van der Waals surface area contributed by atoms with Gasteiger partial charge in [-0.3, -0.25) is 0 Å². The van der Waals surface area contributed by atoms with Gasteiger partial charge in [0.1, 0.15) is 5.82 Å². The molecule has 0 aromatic heterocycles. The number of hydrogen-bond acceptors (Lipinski definition) is 0. The molecule has 54 valence electrons. The number of rotatable bonds is 0. The molecule has 0 fully saturated rings. The highest BCUT2D eigenvalue weighted by Gasteiger charge is 2.01. The molecule has 0 saturated carbocycles. The molecule has 0 unspecified atom stereocenters. The third-order valence-corrected chi connectivity index (χ3v) is 2.73. The summed E-state index contributed by atoms with van der Waals surface area (Å²) in [5.74, 6) is -0.200. The Morgan fingerprint density at radius 3 is 2.60 bits per heavy atom. The van der Waals surface area contributed by atoms with Crippen LogP contribution in [-0.2, 0) is 0 Å². The summed E-state index contributed by atoms with van der Waals surface area (Å²) in [5, 5.41) is 0.611. The zero-order valence-corrected chi connectivity index (χ0v) is 8.20. The van der Waals surface area contributed by atoms with Crippen molar-refractivity contribution >= 4 is 34.2 Å². The van der Waals surface area contributed by atoms with Crippen LogP contribution in [0, 0.1) is 16.3 Å². The van der Waals surface area contributed by atoms with E-state index in [1.54, 1.807) is 13.0 Å². The molecule has 0 aliphatic rings. The Labute approximate surface area is 77.5 Å². The number of hydrogen-bond donors (Lipinski definition) is 0. The van der Waals surface area contributed by atoms with Gasteiger partial charge in [0, 0.05) is 3.57 Å². The predicted octanol–water partition coefficient (Wildman–Crippen LogP) is 3.39. The number of halogens is 3. The highest BCUT2D eigenvalue weighted by Crippen LogP contribution is 2.21. The second kappa shape index (κ2) is 3.05. The van der Waals surface area contributed by atoms with Crippen molar-refractivity contribution in [3.63, 3.8) is 0 Å². The highest BCUT2D eigenvalue weighted by atomic mass is 127. The van der Waals surface area contributed by atoms with Crippen molar-refractivity contribution in [2.45, 2.75) is 6.92 Å². The SMILES string of the molecule is Cc1cc(Cl)c(I)cc1F. The summed E-state index contributed by atoms with van der Waals surface area (Å²) in [6, 6.07) is 3.05. The molecule has 0 radical (unpaired) electrons. The minimum absolute atomic E-state index is 0.200. The first kappa shape index (κ1) is 8.27. The summed E-state index contributed by atoms with van der Waals surface area (Å²) in [5.41, 5.74) is 0.588. The van der Waals surface area contributed by atoms with E-state index < -0.39 is 0 Å². The van der Waals surface area contributed by atoms with Gasteiger partial charge < -0.3 is 0 Å². The van der Waals surface area contributed by atoms with Gasteiger partial charge in [0.05, 0.1) is 5.02 Å². The van der Waals surface area contributed by atoms with Crippen molar-refractivity contribution < 1.29 is 4.39 Å². The van der Waals surface area contributed by atoms with Crippen LogP contribution in [-0.4, -0.2) is 0 Å². The molecule has 1 rings (SSSR count). The lowest BCUT2D eigenvalue weighted by Crippen LogP contribution is -1.83. The third-order valence-electron chi connectivity index (χ3n) is 1.20. The smallest absolute Gasteiger partial charge is 0.127 e. The minimum Gasteiger partial charge on any atom is -0.207 e. The Bertz CT molecular complexity index is 210. The molecule has 1 aromatic rings. The maximum absolute atomic E-state index is 12.7. The van der Waals surface area contributed by atoms with Crippen molar-refractivity contribution in [1.82, 2.24) is 0 Å². The van der Waals surface area contributed by atoms with E-state index in [2.05, 4.69) is 0 Å². The summed E-state index contributed by atoms with van der Waals surface area (Å²) < 4.78 is 13.4. The van der Waals surface area contributed by atoms with E-state index in [0.29, 0.717) is 10.6 Å². The summed E-state index contributed by atoms with van der Waals surface area (Å²) in [6.07, 6.45) is 0. The van der Waals surface area contributed by atoms with Gasteiger partial charge in [0.2, 0.25) is 0 Å². The van der Waals surface area contributed by atoms with Crippen LogP contribution < -0.4 is 0 Å². The fourth-order valence-corrected chi connectivity index (χ4v) is 1.27. The van der Waals surface area contributed by atoms with Gasteiger partial charge in [0.25, 0.3) is 0 Å². The zero-order valence-electron chi connectivity index (χ0n) is 5.29. The van der Waals surface area contributed by atoms with Gasteiger partial charge in [-0.1, -0.05) is 11.6 Å². The van der Waals surface area contributed by atoms with Crippen LogP contribution in [0.25, 0.3) is 0 Å². The van der Waals surface area contributed by atoms with E-state index >= 15 is 0 Å². The molecular weight excluding hydrogens is 265 g/mol. The van der Waals surface area contributed by atoms with Gasteiger partial charge >= 0.3 is 0 Å². The monoisotopic (exact) mass is 270 g/mol. The van der Waals surface area contributed by atoms with Gasteiger partial charge in [-0.15, -0.1) is 0 Å². The molecular formula is C7H5ClFI. The molecule has 1 aromatic carbocycles. The molecule has 0 N–H and O–H groups in total. The van der Waals surface area contributed by atoms with Crippen LogP contribution in [0.4, 0.5) is 4.39 Å².